The molecule has 130 valence electrons. The highest BCUT2D eigenvalue weighted by atomic mass is 32.1. The van der Waals surface area contributed by atoms with Crippen LogP contribution in [0.1, 0.15) is 44.1 Å². The van der Waals surface area contributed by atoms with Crippen LogP contribution in [0.2, 0.25) is 0 Å². The number of amides is 1. The number of nitrogens with one attached hydrogen (secondary N) is 2. The summed E-state index contributed by atoms with van der Waals surface area (Å²) in [5, 5.41) is 5.58. The normalized spacial score (nSPS) is 14.9. The number of halogens is 1. The van der Waals surface area contributed by atoms with E-state index >= 15 is 0 Å². The molecule has 4 nitrogen and oxygen atoms in total. The van der Waals surface area contributed by atoms with Crippen LogP contribution in [0.4, 0.5) is 4.39 Å². The van der Waals surface area contributed by atoms with Gasteiger partial charge in [0, 0.05) is 12.8 Å². The van der Waals surface area contributed by atoms with Crippen LogP contribution in [-0.2, 0) is 16.0 Å². The highest BCUT2D eigenvalue weighted by Gasteiger charge is 2.17. The number of benzene rings is 1. The van der Waals surface area contributed by atoms with Crippen molar-refractivity contribution < 1.29 is 14.0 Å². The van der Waals surface area contributed by atoms with Crippen LogP contribution in [0.25, 0.3) is 0 Å². The average Bonchev–Trinajstić information content (AvgIpc) is 2.56. The van der Waals surface area contributed by atoms with Crippen molar-refractivity contribution in [3.8, 4) is 0 Å². The summed E-state index contributed by atoms with van der Waals surface area (Å²) in [5.74, 6) is -0.0521. The number of thiocarbonyl (C=S) groups is 1. The van der Waals surface area contributed by atoms with E-state index in [1.54, 1.807) is 12.1 Å². The zero-order valence-corrected chi connectivity index (χ0v) is 14.5. The van der Waals surface area contributed by atoms with E-state index in [2.05, 4.69) is 10.6 Å². The highest BCUT2D eigenvalue weighted by Crippen LogP contribution is 2.25. The molecule has 1 aromatic carbocycles. The Hall–Kier alpha value is -1.82. The number of carbonyl (C=O) groups is 2. The number of hydrogen-bond acceptors (Lipinski definition) is 3. The Balaban J connectivity index is 1.65. The van der Waals surface area contributed by atoms with Crippen molar-refractivity contribution in [2.24, 2.45) is 5.92 Å². The maximum absolute atomic E-state index is 12.8. The molecule has 1 aliphatic rings. The molecule has 1 saturated carbocycles. The summed E-state index contributed by atoms with van der Waals surface area (Å²) in [6, 6.07) is 5.81. The first-order chi connectivity index (χ1) is 11.5. The molecule has 0 aromatic heterocycles. The highest BCUT2D eigenvalue weighted by molar-refractivity contribution is 7.80. The van der Waals surface area contributed by atoms with Crippen molar-refractivity contribution >= 4 is 29.0 Å². The summed E-state index contributed by atoms with van der Waals surface area (Å²) >= 11 is 5.05. The predicted octanol–water partition coefficient (Wildman–Crippen LogP) is 2.90. The first kappa shape index (κ1) is 18.5. The van der Waals surface area contributed by atoms with Crippen LogP contribution in [0, 0.1) is 11.7 Å². The number of carbonyl (C=O) groups excluding carboxylic acids is 2. The molecule has 2 rings (SSSR count). The van der Waals surface area contributed by atoms with Crippen molar-refractivity contribution in [2.45, 2.75) is 44.9 Å². The molecule has 0 bridgehead atoms. The van der Waals surface area contributed by atoms with E-state index in [-0.39, 0.29) is 35.6 Å². The Morgan fingerprint density at radius 3 is 2.46 bits per heavy atom. The second-order valence-electron chi connectivity index (χ2n) is 6.28. The molecule has 0 atom stereocenters. The third-order valence-electron chi connectivity index (χ3n) is 4.21. The fraction of sp³-hybridized carbons (Fsp3) is 0.500. The topological polar surface area (TPSA) is 58.2 Å². The van der Waals surface area contributed by atoms with E-state index in [0.717, 1.165) is 18.4 Å². The molecule has 0 radical (unpaired) electrons. The van der Waals surface area contributed by atoms with Gasteiger partial charge in [-0.1, -0.05) is 31.4 Å². The molecule has 0 spiro atoms. The number of Topliss-reactive ketones (excluding diaryl/α,β-unsaturated/α-hetero) is 1. The van der Waals surface area contributed by atoms with Gasteiger partial charge >= 0.3 is 0 Å². The molecule has 0 heterocycles. The van der Waals surface area contributed by atoms with E-state index in [4.69, 9.17) is 12.2 Å². The Labute approximate surface area is 147 Å². The van der Waals surface area contributed by atoms with Crippen molar-refractivity contribution in [2.75, 3.05) is 6.54 Å². The van der Waals surface area contributed by atoms with Gasteiger partial charge in [-0.05, 0) is 48.7 Å². The van der Waals surface area contributed by atoms with E-state index in [1.165, 1.54) is 31.4 Å². The minimum Gasteiger partial charge on any atom is -0.355 e. The average molecular weight is 350 g/mol. The van der Waals surface area contributed by atoms with Gasteiger partial charge in [-0.2, -0.15) is 0 Å². The molecule has 6 heteroatoms. The number of hydrogen-bond donors (Lipinski definition) is 2. The molecule has 0 unspecified atom stereocenters. The molecule has 0 saturated heterocycles. The summed E-state index contributed by atoms with van der Waals surface area (Å²) in [7, 11) is 0. The Morgan fingerprint density at radius 1 is 1.12 bits per heavy atom. The van der Waals surface area contributed by atoms with Gasteiger partial charge in [0.25, 0.3) is 0 Å². The molecule has 0 aliphatic heterocycles. The SMILES string of the molecule is O=C(CNC(=S)NC(=O)CC1CCCCC1)Cc1ccc(F)cc1. The summed E-state index contributed by atoms with van der Waals surface area (Å²) in [4.78, 5) is 23.8. The van der Waals surface area contributed by atoms with Gasteiger partial charge in [0.05, 0.1) is 6.54 Å². The standard InChI is InChI=1S/C18H23FN2O2S/c19-15-8-6-14(7-9-15)10-16(22)12-20-18(24)21-17(23)11-13-4-2-1-3-5-13/h6-9,13H,1-5,10-12H2,(H2,20,21,23,24). The number of ketones is 1. The lowest BCUT2D eigenvalue weighted by Crippen LogP contribution is -2.42. The second-order valence-corrected chi connectivity index (χ2v) is 6.69. The first-order valence-electron chi connectivity index (χ1n) is 8.37. The molecule has 1 fully saturated rings. The Kier molecular flexibility index (Phi) is 7.31. The monoisotopic (exact) mass is 350 g/mol. The maximum Gasteiger partial charge on any atom is 0.226 e. The van der Waals surface area contributed by atoms with Gasteiger partial charge < -0.3 is 10.6 Å². The van der Waals surface area contributed by atoms with Gasteiger partial charge in [0.2, 0.25) is 5.91 Å². The Morgan fingerprint density at radius 2 is 1.79 bits per heavy atom. The zero-order valence-electron chi connectivity index (χ0n) is 13.6. The summed E-state index contributed by atoms with van der Waals surface area (Å²) in [6.45, 7) is 0.0416. The van der Waals surface area contributed by atoms with Crippen LogP contribution in [0.3, 0.4) is 0 Å². The van der Waals surface area contributed by atoms with Gasteiger partial charge in [-0.3, -0.25) is 9.59 Å². The quantitative estimate of drug-likeness (QED) is 0.775. The summed E-state index contributed by atoms with van der Waals surface area (Å²) < 4.78 is 12.8. The smallest absolute Gasteiger partial charge is 0.226 e. The molecule has 1 aromatic rings. The minimum absolute atomic E-state index is 0.0416. The number of rotatable bonds is 6. The lowest BCUT2D eigenvalue weighted by Gasteiger charge is -2.21. The summed E-state index contributed by atoms with van der Waals surface area (Å²) in [6.07, 6.45) is 6.54. The van der Waals surface area contributed by atoms with Gasteiger partial charge in [0.1, 0.15) is 5.82 Å². The molecule has 24 heavy (non-hydrogen) atoms. The molecule has 1 amide bonds. The lowest BCUT2D eigenvalue weighted by molar-refractivity contribution is -0.121. The third kappa shape index (κ3) is 6.74. The van der Waals surface area contributed by atoms with E-state index in [1.807, 2.05) is 0 Å². The molecular weight excluding hydrogens is 327 g/mol. The fourth-order valence-electron chi connectivity index (χ4n) is 2.95. The van der Waals surface area contributed by atoms with Crippen LogP contribution >= 0.6 is 12.2 Å². The van der Waals surface area contributed by atoms with E-state index < -0.39 is 0 Å². The molecule has 2 N–H and O–H groups in total. The van der Waals surface area contributed by atoms with Gasteiger partial charge in [-0.15, -0.1) is 0 Å². The van der Waals surface area contributed by atoms with Crippen molar-refractivity contribution in [3.63, 3.8) is 0 Å². The van der Waals surface area contributed by atoms with Gasteiger partial charge in [-0.25, -0.2) is 4.39 Å². The van der Waals surface area contributed by atoms with E-state index in [0.29, 0.717) is 12.3 Å². The van der Waals surface area contributed by atoms with E-state index in [9.17, 15) is 14.0 Å². The van der Waals surface area contributed by atoms with Crippen molar-refractivity contribution in [1.82, 2.24) is 10.6 Å². The van der Waals surface area contributed by atoms with Crippen LogP contribution in [-0.4, -0.2) is 23.3 Å². The second kappa shape index (κ2) is 9.47. The maximum atomic E-state index is 12.8. The lowest BCUT2D eigenvalue weighted by atomic mass is 9.87. The molecular formula is C18H23FN2O2S. The molecule has 1 aliphatic carbocycles. The largest absolute Gasteiger partial charge is 0.355 e. The first-order valence-corrected chi connectivity index (χ1v) is 8.77. The minimum atomic E-state index is -0.328. The predicted molar refractivity (Wildman–Crippen MR) is 95.0 cm³/mol. The zero-order chi connectivity index (χ0) is 17.4. The van der Waals surface area contributed by atoms with Crippen LogP contribution < -0.4 is 10.6 Å². The van der Waals surface area contributed by atoms with Crippen LogP contribution in [0.15, 0.2) is 24.3 Å². The van der Waals surface area contributed by atoms with Gasteiger partial charge in [0.15, 0.2) is 10.9 Å². The van der Waals surface area contributed by atoms with Crippen molar-refractivity contribution in [1.29, 1.82) is 0 Å². The fourth-order valence-corrected chi connectivity index (χ4v) is 3.13. The van der Waals surface area contributed by atoms with Crippen LogP contribution in [0.5, 0.6) is 0 Å². The Bertz CT molecular complexity index is 583. The summed E-state index contributed by atoms with van der Waals surface area (Å²) in [5.41, 5.74) is 0.746. The third-order valence-corrected chi connectivity index (χ3v) is 4.46. The van der Waals surface area contributed by atoms with Crippen molar-refractivity contribution in [3.05, 3.63) is 35.6 Å².